The Hall–Kier alpha value is -0.940. The summed E-state index contributed by atoms with van der Waals surface area (Å²) in [7, 11) is 2.17. The molecule has 0 amide bonds. The Morgan fingerprint density at radius 1 is 1.19 bits per heavy atom. The SMILES string of the molecule is CN1CCOC(CNC2CCN(Cc3ccccc3)C2)C1. The molecule has 0 radical (unpaired) electrons. The van der Waals surface area contributed by atoms with Gasteiger partial charge >= 0.3 is 0 Å². The first-order chi connectivity index (χ1) is 10.3. The summed E-state index contributed by atoms with van der Waals surface area (Å²) in [6, 6.07) is 11.4. The third kappa shape index (κ3) is 4.51. The van der Waals surface area contributed by atoms with Crippen molar-refractivity contribution in [2.75, 3.05) is 46.4 Å². The van der Waals surface area contributed by atoms with Gasteiger partial charge in [-0.2, -0.15) is 0 Å². The van der Waals surface area contributed by atoms with Crippen LogP contribution in [0.5, 0.6) is 0 Å². The smallest absolute Gasteiger partial charge is 0.0826 e. The van der Waals surface area contributed by atoms with E-state index in [9.17, 15) is 0 Å². The van der Waals surface area contributed by atoms with E-state index < -0.39 is 0 Å². The first-order valence-electron chi connectivity index (χ1n) is 8.09. The van der Waals surface area contributed by atoms with Gasteiger partial charge in [0.1, 0.15) is 0 Å². The van der Waals surface area contributed by atoms with Crippen LogP contribution in [0, 0.1) is 0 Å². The van der Waals surface area contributed by atoms with Crippen molar-refractivity contribution in [3.05, 3.63) is 35.9 Å². The molecule has 0 spiro atoms. The number of nitrogens with one attached hydrogen (secondary N) is 1. The molecule has 0 aliphatic carbocycles. The summed E-state index contributed by atoms with van der Waals surface area (Å²) in [6.45, 7) is 7.37. The zero-order valence-electron chi connectivity index (χ0n) is 13.0. The molecule has 2 unspecified atom stereocenters. The average molecular weight is 289 g/mol. The van der Waals surface area contributed by atoms with Crippen LogP contribution in [0.25, 0.3) is 0 Å². The molecule has 2 fully saturated rings. The zero-order chi connectivity index (χ0) is 14.5. The Labute approximate surface area is 128 Å². The van der Waals surface area contributed by atoms with Gasteiger partial charge in [0.2, 0.25) is 0 Å². The third-order valence-electron chi connectivity index (χ3n) is 4.50. The topological polar surface area (TPSA) is 27.7 Å². The van der Waals surface area contributed by atoms with Gasteiger partial charge in [0.05, 0.1) is 12.7 Å². The maximum absolute atomic E-state index is 5.81. The fourth-order valence-electron chi connectivity index (χ4n) is 3.27. The minimum Gasteiger partial charge on any atom is -0.374 e. The van der Waals surface area contributed by atoms with Crippen molar-refractivity contribution in [2.45, 2.75) is 25.1 Å². The maximum Gasteiger partial charge on any atom is 0.0826 e. The minimum absolute atomic E-state index is 0.354. The van der Waals surface area contributed by atoms with Crippen LogP contribution >= 0.6 is 0 Å². The Morgan fingerprint density at radius 2 is 2.05 bits per heavy atom. The largest absolute Gasteiger partial charge is 0.374 e. The lowest BCUT2D eigenvalue weighted by Gasteiger charge is -2.31. The van der Waals surface area contributed by atoms with Gasteiger partial charge in [-0.05, 0) is 19.0 Å². The normalized spacial score (nSPS) is 28.0. The Kier molecular flexibility index (Phi) is 5.25. The number of hydrogen-bond donors (Lipinski definition) is 1. The molecule has 1 N–H and O–H groups in total. The van der Waals surface area contributed by atoms with Crippen LogP contribution in [0.15, 0.2) is 30.3 Å². The molecular weight excluding hydrogens is 262 g/mol. The van der Waals surface area contributed by atoms with E-state index in [4.69, 9.17) is 4.74 Å². The number of likely N-dealkylation sites (tertiary alicyclic amines) is 1. The molecule has 2 aliphatic rings. The number of hydrogen-bond acceptors (Lipinski definition) is 4. The summed E-state index contributed by atoms with van der Waals surface area (Å²) < 4.78 is 5.81. The number of morpholine rings is 1. The molecule has 0 saturated carbocycles. The van der Waals surface area contributed by atoms with Crippen LogP contribution in [0.3, 0.4) is 0 Å². The second-order valence-electron chi connectivity index (χ2n) is 6.37. The standard InChI is InChI=1S/C17H27N3O/c1-19-9-10-21-17(14-19)11-18-16-7-8-20(13-16)12-15-5-3-2-4-6-15/h2-6,16-18H,7-14H2,1H3. The van der Waals surface area contributed by atoms with Gasteiger partial charge in [-0.3, -0.25) is 4.90 Å². The van der Waals surface area contributed by atoms with Gasteiger partial charge in [-0.1, -0.05) is 30.3 Å². The van der Waals surface area contributed by atoms with Gasteiger partial charge in [0.15, 0.2) is 0 Å². The van der Waals surface area contributed by atoms with Crippen molar-refractivity contribution < 1.29 is 4.74 Å². The molecule has 116 valence electrons. The van der Waals surface area contributed by atoms with Crippen LogP contribution in [0.1, 0.15) is 12.0 Å². The lowest BCUT2D eigenvalue weighted by molar-refractivity contribution is -0.0191. The molecule has 1 aromatic carbocycles. The van der Waals surface area contributed by atoms with Crippen LogP contribution in [-0.2, 0) is 11.3 Å². The molecule has 0 bridgehead atoms. The van der Waals surface area contributed by atoms with E-state index in [0.717, 1.165) is 39.3 Å². The van der Waals surface area contributed by atoms with E-state index in [1.807, 2.05) is 0 Å². The highest BCUT2D eigenvalue weighted by atomic mass is 16.5. The van der Waals surface area contributed by atoms with Crippen molar-refractivity contribution in [1.82, 2.24) is 15.1 Å². The predicted molar refractivity (Wildman–Crippen MR) is 85.4 cm³/mol. The molecule has 3 rings (SSSR count). The van der Waals surface area contributed by atoms with E-state index in [1.165, 1.54) is 18.5 Å². The molecule has 0 aromatic heterocycles. The lowest BCUT2D eigenvalue weighted by atomic mass is 10.2. The molecule has 4 nitrogen and oxygen atoms in total. The number of nitrogens with zero attached hydrogens (tertiary/aromatic N) is 2. The van der Waals surface area contributed by atoms with Crippen LogP contribution < -0.4 is 5.32 Å². The Bertz CT molecular complexity index is 425. The van der Waals surface area contributed by atoms with E-state index in [1.54, 1.807) is 0 Å². The Balaban J connectivity index is 1.38. The molecule has 2 aliphatic heterocycles. The third-order valence-corrected chi connectivity index (χ3v) is 4.50. The van der Waals surface area contributed by atoms with Crippen molar-refractivity contribution >= 4 is 0 Å². The lowest BCUT2D eigenvalue weighted by Crippen LogP contribution is -2.47. The number of likely N-dealkylation sites (N-methyl/N-ethyl adjacent to an activating group) is 1. The second kappa shape index (κ2) is 7.36. The van der Waals surface area contributed by atoms with Gasteiger partial charge in [-0.15, -0.1) is 0 Å². The predicted octanol–water partition coefficient (Wildman–Crippen LogP) is 1.18. The zero-order valence-corrected chi connectivity index (χ0v) is 13.0. The maximum atomic E-state index is 5.81. The van der Waals surface area contributed by atoms with Crippen molar-refractivity contribution in [3.8, 4) is 0 Å². The number of rotatable bonds is 5. The summed E-state index contributed by atoms with van der Waals surface area (Å²) in [4.78, 5) is 4.90. The molecular formula is C17H27N3O. The molecule has 21 heavy (non-hydrogen) atoms. The summed E-state index contributed by atoms with van der Waals surface area (Å²) in [5, 5.41) is 3.69. The number of benzene rings is 1. The van der Waals surface area contributed by atoms with Crippen LogP contribution in [0.4, 0.5) is 0 Å². The van der Waals surface area contributed by atoms with Crippen molar-refractivity contribution in [1.29, 1.82) is 0 Å². The highest BCUT2D eigenvalue weighted by molar-refractivity contribution is 5.14. The summed E-state index contributed by atoms with van der Waals surface area (Å²) in [5.74, 6) is 0. The average Bonchev–Trinajstić information content (AvgIpc) is 2.94. The molecule has 4 heteroatoms. The van der Waals surface area contributed by atoms with E-state index >= 15 is 0 Å². The van der Waals surface area contributed by atoms with Crippen LogP contribution in [0.2, 0.25) is 0 Å². The van der Waals surface area contributed by atoms with Crippen LogP contribution in [-0.4, -0.2) is 68.3 Å². The minimum atomic E-state index is 0.354. The Morgan fingerprint density at radius 3 is 2.86 bits per heavy atom. The van der Waals surface area contributed by atoms with Crippen molar-refractivity contribution in [2.24, 2.45) is 0 Å². The van der Waals surface area contributed by atoms with Gasteiger partial charge < -0.3 is 15.0 Å². The second-order valence-corrected chi connectivity index (χ2v) is 6.37. The van der Waals surface area contributed by atoms with Gasteiger partial charge in [0.25, 0.3) is 0 Å². The highest BCUT2D eigenvalue weighted by Gasteiger charge is 2.24. The number of ether oxygens (including phenoxy) is 1. The summed E-state index contributed by atoms with van der Waals surface area (Å²) in [5.41, 5.74) is 1.41. The van der Waals surface area contributed by atoms with E-state index in [-0.39, 0.29) is 0 Å². The first-order valence-corrected chi connectivity index (χ1v) is 8.09. The summed E-state index contributed by atoms with van der Waals surface area (Å²) >= 11 is 0. The van der Waals surface area contributed by atoms with E-state index in [0.29, 0.717) is 12.1 Å². The fourth-order valence-corrected chi connectivity index (χ4v) is 3.27. The van der Waals surface area contributed by atoms with Crippen molar-refractivity contribution in [3.63, 3.8) is 0 Å². The molecule has 2 saturated heterocycles. The van der Waals surface area contributed by atoms with Gasteiger partial charge in [0, 0.05) is 45.3 Å². The monoisotopic (exact) mass is 289 g/mol. The van der Waals surface area contributed by atoms with Gasteiger partial charge in [-0.25, -0.2) is 0 Å². The molecule has 2 heterocycles. The molecule has 2 atom stereocenters. The first kappa shape index (κ1) is 15.0. The quantitative estimate of drug-likeness (QED) is 0.881. The molecule has 1 aromatic rings. The summed E-state index contributed by atoms with van der Waals surface area (Å²) in [6.07, 6.45) is 1.60. The fraction of sp³-hybridized carbons (Fsp3) is 0.647. The highest BCUT2D eigenvalue weighted by Crippen LogP contribution is 2.13. The van der Waals surface area contributed by atoms with E-state index in [2.05, 4.69) is 52.5 Å².